The Bertz CT molecular complexity index is 717. The van der Waals surface area contributed by atoms with Crippen LogP contribution in [0.5, 0.6) is 0 Å². The van der Waals surface area contributed by atoms with E-state index in [0.29, 0.717) is 22.7 Å². The van der Waals surface area contributed by atoms with Crippen LogP contribution in [0.1, 0.15) is 22.0 Å². The van der Waals surface area contributed by atoms with Crippen LogP contribution >= 0.6 is 15.9 Å². The van der Waals surface area contributed by atoms with Gasteiger partial charge in [-0.3, -0.25) is 9.59 Å². The third-order valence-electron chi connectivity index (χ3n) is 3.47. The van der Waals surface area contributed by atoms with Crippen molar-refractivity contribution in [1.82, 2.24) is 14.9 Å². The van der Waals surface area contributed by atoms with Crippen molar-refractivity contribution in [3.05, 3.63) is 22.9 Å². The van der Waals surface area contributed by atoms with Gasteiger partial charge >= 0.3 is 0 Å². The van der Waals surface area contributed by atoms with E-state index in [4.69, 9.17) is 0 Å². The molecule has 1 aromatic heterocycles. The van der Waals surface area contributed by atoms with E-state index in [2.05, 4.69) is 31.2 Å². The average molecular weight is 339 g/mol. The number of halogens is 1. The molecule has 1 aromatic rings. The number of hydrogen-bond acceptors (Lipinski definition) is 5. The van der Waals surface area contributed by atoms with Crippen LogP contribution in [-0.4, -0.2) is 37.5 Å². The lowest BCUT2D eigenvalue weighted by atomic mass is 9.88. The Balaban J connectivity index is 2.30. The number of fused-ring (bicyclic) bond motifs is 2. The first-order chi connectivity index (χ1) is 9.45. The predicted octanol–water partition coefficient (Wildman–Crippen LogP) is 0.691. The molecule has 1 unspecified atom stereocenters. The molecule has 1 aliphatic heterocycles. The number of ketones is 1. The zero-order chi connectivity index (χ0) is 14.6. The van der Waals surface area contributed by atoms with Gasteiger partial charge in [-0.2, -0.15) is 0 Å². The second-order valence-corrected chi connectivity index (χ2v) is 5.19. The first-order valence-electron chi connectivity index (χ1n) is 5.91. The summed E-state index contributed by atoms with van der Waals surface area (Å²) in [7, 11) is 1.70. The quantitative estimate of drug-likeness (QED) is 0.581. The summed E-state index contributed by atoms with van der Waals surface area (Å²) in [6.07, 6.45) is 0. The molecule has 2 N–H and O–H groups in total. The van der Waals surface area contributed by atoms with Crippen LogP contribution in [-0.2, 0) is 11.8 Å². The maximum absolute atomic E-state index is 12.4. The lowest BCUT2D eigenvalue weighted by Crippen LogP contribution is -2.46. The summed E-state index contributed by atoms with van der Waals surface area (Å²) in [5, 5.41) is 13.2. The molecule has 3 rings (SSSR count). The molecule has 0 saturated heterocycles. The number of hydrogen-bond donors (Lipinski definition) is 2. The number of aliphatic hydroxyl groups is 1. The van der Waals surface area contributed by atoms with Gasteiger partial charge in [0, 0.05) is 7.05 Å². The summed E-state index contributed by atoms with van der Waals surface area (Å²) in [5.41, 5.74) is 0.513. The van der Waals surface area contributed by atoms with E-state index in [-0.39, 0.29) is 17.2 Å². The van der Waals surface area contributed by atoms with Crippen molar-refractivity contribution in [2.45, 2.75) is 6.92 Å². The van der Waals surface area contributed by atoms with E-state index in [0.717, 1.165) is 0 Å². The molecule has 0 fully saturated rings. The minimum Gasteiger partial charge on any atom is -0.504 e. The van der Waals surface area contributed by atoms with Crippen LogP contribution in [0.15, 0.2) is 10.7 Å². The number of aryl methyl sites for hydroxylation is 1. The molecule has 0 bridgehead atoms. The first-order valence-corrected chi connectivity index (χ1v) is 7.03. The van der Waals surface area contributed by atoms with E-state index < -0.39 is 17.6 Å². The summed E-state index contributed by atoms with van der Waals surface area (Å²) in [5.74, 6) is -1.27. The number of imidazole rings is 1. The largest absolute Gasteiger partial charge is 0.504 e. The average Bonchev–Trinajstić information content (AvgIpc) is 2.72. The fourth-order valence-electron chi connectivity index (χ4n) is 2.38. The smallest absolute Gasteiger partial charge is 0.242 e. The standard InChI is InChI=1S/C12H11BrN4O3/c1-4-14-8-9(17(4)2)11(19)7-6(10(8)18)12(20)16-5(3-13)15-7/h6,19H,3H2,1-2H3,(H,15,16,20). The summed E-state index contributed by atoms with van der Waals surface area (Å²) in [4.78, 5) is 32.7. The first kappa shape index (κ1) is 13.0. The molecule has 2 heterocycles. The lowest BCUT2D eigenvalue weighted by molar-refractivity contribution is -0.121. The number of carbonyl (C=O) groups excluding carboxylic acids is 2. The zero-order valence-corrected chi connectivity index (χ0v) is 12.4. The normalized spacial score (nSPS) is 21.4. The Kier molecular flexibility index (Phi) is 2.79. The molecule has 20 heavy (non-hydrogen) atoms. The van der Waals surface area contributed by atoms with Crippen molar-refractivity contribution in [2.75, 3.05) is 5.33 Å². The molecular formula is C12H11BrN4O3. The Morgan fingerprint density at radius 2 is 2.15 bits per heavy atom. The van der Waals surface area contributed by atoms with Crippen LogP contribution in [0.25, 0.3) is 5.76 Å². The van der Waals surface area contributed by atoms with Gasteiger partial charge in [0.25, 0.3) is 0 Å². The van der Waals surface area contributed by atoms with Crippen molar-refractivity contribution in [2.24, 2.45) is 18.0 Å². The molecule has 8 heteroatoms. The number of aliphatic hydroxyl groups excluding tert-OH is 1. The van der Waals surface area contributed by atoms with Crippen molar-refractivity contribution >= 4 is 39.2 Å². The Morgan fingerprint density at radius 3 is 2.80 bits per heavy atom. The highest BCUT2D eigenvalue weighted by molar-refractivity contribution is 9.09. The Morgan fingerprint density at radius 1 is 1.45 bits per heavy atom. The van der Waals surface area contributed by atoms with Gasteiger partial charge in [0.2, 0.25) is 11.7 Å². The van der Waals surface area contributed by atoms with E-state index in [1.165, 1.54) is 0 Å². The number of aliphatic imine (C=N–C) groups is 1. The molecule has 0 radical (unpaired) electrons. The number of aromatic nitrogens is 2. The van der Waals surface area contributed by atoms with Crippen LogP contribution in [0, 0.1) is 12.8 Å². The molecule has 1 atom stereocenters. The molecule has 0 saturated carbocycles. The Labute approximate surface area is 122 Å². The Hall–Kier alpha value is -1.96. The number of nitrogens with one attached hydrogen (secondary N) is 1. The predicted molar refractivity (Wildman–Crippen MR) is 74.7 cm³/mol. The molecule has 0 spiro atoms. The molecule has 7 nitrogen and oxygen atoms in total. The van der Waals surface area contributed by atoms with Crippen molar-refractivity contribution < 1.29 is 14.7 Å². The topological polar surface area (TPSA) is 96.6 Å². The number of alkyl halides is 1. The van der Waals surface area contributed by atoms with Gasteiger partial charge in [0.1, 0.15) is 34.7 Å². The maximum atomic E-state index is 12.4. The summed E-state index contributed by atoms with van der Waals surface area (Å²) in [6, 6.07) is 0. The lowest BCUT2D eigenvalue weighted by Gasteiger charge is -2.26. The van der Waals surface area contributed by atoms with Crippen molar-refractivity contribution in [1.29, 1.82) is 0 Å². The number of amides is 1. The van der Waals surface area contributed by atoms with Crippen molar-refractivity contribution in [3.8, 4) is 0 Å². The van der Waals surface area contributed by atoms with Crippen LogP contribution < -0.4 is 5.32 Å². The number of carbonyl (C=O) groups is 2. The van der Waals surface area contributed by atoms with Gasteiger partial charge < -0.3 is 15.0 Å². The third-order valence-corrected chi connectivity index (χ3v) is 4.00. The fraction of sp³-hybridized carbons (Fsp3) is 0.333. The monoisotopic (exact) mass is 338 g/mol. The molecular weight excluding hydrogens is 328 g/mol. The second kappa shape index (κ2) is 4.27. The van der Waals surface area contributed by atoms with Gasteiger partial charge in [0.15, 0.2) is 5.76 Å². The van der Waals surface area contributed by atoms with E-state index in [9.17, 15) is 14.7 Å². The van der Waals surface area contributed by atoms with Gasteiger partial charge in [-0.25, -0.2) is 9.98 Å². The fourth-order valence-corrected chi connectivity index (χ4v) is 2.65. The van der Waals surface area contributed by atoms with E-state index in [1.54, 1.807) is 18.5 Å². The second-order valence-electron chi connectivity index (χ2n) is 4.63. The highest BCUT2D eigenvalue weighted by Gasteiger charge is 2.44. The van der Waals surface area contributed by atoms with Gasteiger partial charge in [-0.05, 0) is 6.92 Å². The molecule has 2 aliphatic rings. The number of rotatable bonds is 1. The molecule has 1 amide bonds. The number of nitrogens with zero attached hydrogens (tertiary/aromatic N) is 3. The van der Waals surface area contributed by atoms with Gasteiger partial charge in [-0.1, -0.05) is 15.9 Å². The van der Waals surface area contributed by atoms with Crippen LogP contribution in [0.2, 0.25) is 0 Å². The zero-order valence-electron chi connectivity index (χ0n) is 10.8. The summed E-state index contributed by atoms with van der Waals surface area (Å²) < 4.78 is 1.61. The van der Waals surface area contributed by atoms with Gasteiger partial charge in [-0.15, -0.1) is 0 Å². The summed E-state index contributed by atoms with van der Waals surface area (Å²) >= 11 is 3.19. The van der Waals surface area contributed by atoms with Crippen LogP contribution in [0.3, 0.4) is 0 Å². The molecule has 0 aromatic carbocycles. The molecule has 1 aliphatic carbocycles. The number of Topliss-reactive ketones (excluding diaryl/α,β-unsaturated/α-hetero) is 1. The third kappa shape index (κ3) is 1.57. The van der Waals surface area contributed by atoms with Gasteiger partial charge in [0.05, 0.1) is 5.33 Å². The summed E-state index contributed by atoms with van der Waals surface area (Å²) in [6.45, 7) is 1.72. The van der Waals surface area contributed by atoms with Crippen molar-refractivity contribution in [3.63, 3.8) is 0 Å². The maximum Gasteiger partial charge on any atom is 0.242 e. The molecule has 104 valence electrons. The van der Waals surface area contributed by atoms with Crippen LogP contribution in [0.4, 0.5) is 0 Å². The minimum absolute atomic E-state index is 0.0868. The highest BCUT2D eigenvalue weighted by atomic mass is 79.9. The SMILES string of the molecule is Cc1nc2c(n1C)C(O)=C1N=C(CBr)NC(=O)C1C2=O. The minimum atomic E-state index is -1.13. The van der Waals surface area contributed by atoms with E-state index >= 15 is 0 Å². The number of amidine groups is 1. The van der Waals surface area contributed by atoms with E-state index in [1.807, 2.05) is 0 Å². The highest BCUT2D eigenvalue weighted by Crippen LogP contribution is 2.35.